The van der Waals surface area contributed by atoms with E-state index in [1.165, 1.54) is 0 Å². The summed E-state index contributed by atoms with van der Waals surface area (Å²) in [5, 5.41) is 12.1. The SMILES string of the molecule is Cc1cc(NC(=O)N2CC(C)CC(C(=O)O)C2)ccc1OC(C)C. The van der Waals surface area contributed by atoms with Gasteiger partial charge in [-0.25, -0.2) is 4.79 Å². The van der Waals surface area contributed by atoms with Crippen molar-refractivity contribution in [2.75, 3.05) is 18.4 Å². The fourth-order valence-corrected chi connectivity index (χ4v) is 3.01. The van der Waals surface area contributed by atoms with Crippen molar-refractivity contribution in [3.63, 3.8) is 0 Å². The number of ether oxygens (including phenoxy) is 1. The highest BCUT2D eigenvalue weighted by molar-refractivity contribution is 5.90. The molecule has 2 amide bonds. The topological polar surface area (TPSA) is 78.9 Å². The summed E-state index contributed by atoms with van der Waals surface area (Å²) in [6.45, 7) is 8.65. The van der Waals surface area contributed by atoms with Gasteiger partial charge in [0.25, 0.3) is 0 Å². The first-order valence-electron chi connectivity index (χ1n) is 8.32. The quantitative estimate of drug-likeness (QED) is 0.885. The minimum atomic E-state index is -0.842. The van der Waals surface area contributed by atoms with Gasteiger partial charge >= 0.3 is 12.0 Å². The van der Waals surface area contributed by atoms with Crippen molar-refractivity contribution < 1.29 is 19.4 Å². The summed E-state index contributed by atoms with van der Waals surface area (Å²) in [5.74, 6) is -0.372. The molecular formula is C18H26N2O4. The number of hydrogen-bond acceptors (Lipinski definition) is 3. The minimum Gasteiger partial charge on any atom is -0.491 e. The standard InChI is InChI=1S/C18H26N2O4/c1-11(2)24-16-6-5-15(8-13(16)4)19-18(23)20-9-12(3)7-14(10-20)17(21)22/h5-6,8,11-12,14H,7,9-10H2,1-4H3,(H,19,23)(H,21,22). The highest BCUT2D eigenvalue weighted by Gasteiger charge is 2.31. The predicted octanol–water partition coefficient (Wildman–Crippen LogP) is 3.36. The van der Waals surface area contributed by atoms with Crippen molar-refractivity contribution in [2.45, 2.75) is 40.2 Å². The van der Waals surface area contributed by atoms with E-state index in [9.17, 15) is 14.7 Å². The Balaban J connectivity index is 2.03. The zero-order chi connectivity index (χ0) is 17.9. The van der Waals surface area contributed by atoms with Gasteiger partial charge < -0.3 is 20.1 Å². The average molecular weight is 334 g/mol. The molecule has 6 nitrogen and oxygen atoms in total. The van der Waals surface area contributed by atoms with Crippen LogP contribution in [0.5, 0.6) is 5.75 Å². The van der Waals surface area contributed by atoms with Gasteiger partial charge in [0.1, 0.15) is 5.75 Å². The lowest BCUT2D eigenvalue weighted by atomic mass is 9.91. The second kappa shape index (κ2) is 7.55. The number of piperidine rings is 1. The first kappa shape index (κ1) is 18.1. The Bertz CT molecular complexity index is 615. The number of amides is 2. The molecule has 2 N–H and O–H groups in total. The van der Waals surface area contributed by atoms with Crippen molar-refractivity contribution in [2.24, 2.45) is 11.8 Å². The van der Waals surface area contributed by atoms with E-state index >= 15 is 0 Å². The predicted molar refractivity (Wildman–Crippen MR) is 92.4 cm³/mol. The van der Waals surface area contributed by atoms with Crippen LogP contribution in [0.3, 0.4) is 0 Å². The molecule has 1 fully saturated rings. The minimum absolute atomic E-state index is 0.0898. The lowest BCUT2D eigenvalue weighted by Gasteiger charge is -2.34. The summed E-state index contributed by atoms with van der Waals surface area (Å²) in [4.78, 5) is 25.3. The lowest BCUT2D eigenvalue weighted by Crippen LogP contribution is -2.47. The molecule has 2 unspecified atom stereocenters. The van der Waals surface area contributed by atoms with Crippen LogP contribution in [-0.2, 0) is 4.79 Å². The molecule has 0 bridgehead atoms. The number of carbonyl (C=O) groups excluding carboxylic acids is 1. The van der Waals surface area contributed by atoms with Gasteiger partial charge in [-0.05, 0) is 56.9 Å². The number of aliphatic carboxylic acids is 1. The molecule has 2 rings (SSSR count). The van der Waals surface area contributed by atoms with Crippen LogP contribution in [0, 0.1) is 18.8 Å². The van der Waals surface area contributed by atoms with Gasteiger partial charge in [-0.1, -0.05) is 6.92 Å². The molecule has 1 aliphatic rings. The maximum absolute atomic E-state index is 12.4. The molecule has 0 saturated carbocycles. The van der Waals surface area contributed by atoms with Crippen LogP contribution in [0.15, 0.2) is 18.2 Å². The number of carboxylic acids is 1. The Hall–Kier alpha value is -2.24. The Labute approximate surface area is 142 Å². The third kappa shape index (κ3) is 4.63. The number of urea groups is 1. The molecule has 1 saturated heterocycles. The highest BCUT2D eigenvalue weighted by Crippen LogP contribution is 2.25. The van der Waals surface area contributed by atoms with Crippen molar-refractivity contribution in [3.05, 3.63) is 23.8 Å². The first-order chi connectivity index (χ1) is 11.3. The number of benzene rings is 1. The van der Waals surface area contributed by atoms with Crippen molar-refractivity contribution in [1.29, 1.82) is 0 Å². The van der Waals surface area contributed by atoms with E-state index in [1.807, 2.05) is 39.8 Å². The zero-order valence-electron chi connectivity index (χ0n) is 14.7. The zero-order valence-corrected chi connectivity index (χ0v) is 14.7. The smallest absolute Gasteiger partial charge is 0.321 e. The van der Waals surface area contributed by atoms with Gasteiger partial charge in [0.2, 0.25) is 0 Å². The van der Waals surface area contributed by atoms with E-state index in [2.05, 4.69) is 5.32 Å². The van der Waals surface area contributed by atoms with Crippen LogP contribution in [-0.4, -0.2) is 41.2 Å². The molecule has 0 radical (unpaired) electrons. The summed E-state index contributed by atoms with van der Waals surface area (Å²) >= 11 is 0. The first-order valence-corrected chi connectivity index (χ1v) is 8.32. The van der Waals surface area contributed by atoms with E-state index < -0.39 is 11.9 Å². The maximum Gasteiger partial charge on any atom is 0.321 e. The molecule has 132 valence electrons. The van der Waals surface area contributed by atoms with Crippen molar-refractivity contribution in [3.8, 4) is 5.75 Å². The molecule has 0 aliphatic carbocycles. The normalized spacial score (nSPS) is 20.8. The van der Waals surface area contributed by atoms with E-state index in [4.69, 9.17) is 4.74 Å². The Morgan fingerprint density at radius 3 is 2.62 bits per heavy atom. The Morgan fingerprint density at radius 1 is 1.33 bits per heavy atom. The monoisotopic (exact) mass is 334 g/mol. The number of rotatable bonds is 4. The van der Waals surface area contributed by atoms with Crippen molar-refractivity contribution in [1.82, 2.24) is 4.90 Å². The third-order valence-electron chi connectivity index (χ3n) is 4.09. The summed E-state index contributed by atoms with van der Waals surface area (Å²) in [5.41, 5.74) is 1.62. The average Bonchev–Trinajstić information content (AvgIpc) is 2.49. The number of aryl methyl sites for hydroxylation is 1. The van der Waals surface area contributed by atoms with Crippen LogP contribution >= 0.6 is 0 Å². The second-order valence-corrected chi connectivity index (χ2v) is 6.86. The third-order valence-corrected chi connectivity index (χ3v) is 4.09. The van der Waals surface area contributed by atoms with Crippen LogP contribution in [0.4, 0.5) is 10.5 Å². The molecule has 1 heterocycles. The molecule has 2 atom stereocenters. The Morgan fingerprint density at radius 2 is 2.04 bits per heavy atom. The summed E-state index contributed by atoms with van der Waals surface area (Å²) < 4.78 is 5.69. The molecule has 6 heteroatoms. The van der Waals surface area contributed by atoms with E-state index in [1.54, 1.807) is 11.0 Å². The molecule has 1 aliphatic heterocycles. The highest BCUT2D eigenvalue weighted by atomic mass is 16.5. The molecule has 1 aromatic rings. The van der Waals surface area contributed by atoms with Crippen LogP contribution in [0.25, 0.3) is 0 Å². The van der Waals surface area contributed by atoms with Gasteiger partial charge in [0.15, 0.2) is 0 Å². The number of nitrogens with zero attached hydrogens (tertiary/aromatic N) is 1. The van der Waals surface area contributed by atoms with Gasteiger partial charge in [-0.3, -0.25) is 4.79 Å². The number of anilines is 1. The van der Waals surface area contributed by atoms with Crippen molar-refractivity contribution >= 4 is 17.7 Å². The molecular weight excluding hydrogens is 308 g/mol. The maximum atomic E-state index is 12.4. The van der Waals surface area contributed by atoms with Crippen LogP contribution in [0.2, 0.25) is 0 Å². The second-order valence-electron chi connectivity index (χ2n) is 6.86. The number of likely N-dealkylation sites (tertiary alicyclic amines) is 1. The molecule has 1 aromatic carbocycles. The summed E-state index contributed by atoms with van der Waals surface area (Å²) in [6.07, 6.45) is 0.700. The van der Waals surface area contributed by atoms with Gasteiger partial charge in [0.05, 0.1) is 12.0 Å². The molecule has 0 aromatic heterocycles. The Kier molecular flexibility index (Phi) is 5.70. The summed E-state index contributed by atoms with van der Waals surface area (Å²) in [7, 11) is 0. The van der Waals surface area contributed by atoms with E-state index in [0.717, 1.165) is 11.3 Å². The van der Waals surface area contributed by atoms with E-state index in [0.29, 0.717) is 18.7 Å². The lowest BCUT2D eigenvalue weighted by molar-refractivity contribution is -0.143. The number of nitrogens with one attached hydrogen (secondary N) is 1. The van der Waals surface area contributed by atoms with Gasteiger partial charge in [0, 0.05) is 18.8 Å². The number of carboxylic acid groups (broad SMARTS) is 1. The number of carbonyl (C=O) groups is 2. The molecule has 24 heavy (non-hydrogen) atoms. The number of hydrogen-bond donors (Lipinski definition) is 2. The van der Waals surface area contributed by atoms with Gasteiger partial charge in [-0.2, -0.15) is 0 Å². The fraction of sp³-hybridized carbons (Fsp3) is 0.556. The molecule has 0 spiro atoms. The van der Waals surface area contributed by atoms with Crippen LogP contribution in [0.1, 0.15) is 32.8 Å². The fourth-order valence-electron chi connectivity index (χ4n) is 3.01. The summed E-state index contributed by atoms with van der Waals surface area (Å²) in [6, 6.07) is 5.23. The van der Waals surface area contributed by atoms with E-state index in [-0.39, 0.29) is 24.6 Å². The van der Waals surface area contributed by atoms with Crippen LogP contribution < -0.4 is 10.1 Å². The largest absolute Gasteiger partial charge is 0.491 e. The van der Waals surface area contributed by atoms with Gasteiger partial charge in [-0.15, -0.1) is 0 Å².